The van der Waals surface area contributed by atoms with Crippen LogP contribution in [0.3, 0.4) is 0 Å². The normalized spacial score (nSPS) is 12.5. The van der Waals surface area contributed by atoms with Gasteiger partial charge >= 0.3 is 0 Å². The Morgan fingerprint density at radius 1 is 1.42 bits per heavy atom. The molecule has 0 spiro atoms. The maximum absolute atomic E-state index is 9.28. The van der Waals surface area contributed by atoms with Gasteiger partial charge in [-0.3, -0.25) is 0 Å². The maximum atomic E-state index is 9.28. The third-order valence-corrected chi connectivity index (χ3v) is 3.34. The van der Waals surface area contributed by atoms with Crippen LogP contribution in [0.4, 0.5) is 5.69 Å². The van der Waals surface area contributed by atoms with E-state index >= 15 is 0 Å². The summed E-state index contributed by atoms with van der Waals surface area (Å²) in [7, 11) is 3.72. The zero-order valence-electron chi connectivity index (χ0n) is 12.4. The van der Waals surface area contributed by atoms with Crippen molar-refractivity contribution in [1.82, 2.24) is 5.32 Å². The van der Waals surface area contributed by atoms with Crippen molar-refractivity contribution in [3.8, 4) is 0 Å². The molecule has 2 N–H and O–H groups in total. The van der Waals surface area contributed by atoms with Gasteiger partial charge in [0.05, 0.1) is 13.2 Å². The molecule has 0 radical (unpaired) electrons. The van der Waals surface area contributed by atoms with Crippen molar-refractivity contribution in [3.63, 3.8) is 0 Å². The van der Waals surface area contributed by atoms with E-state index in [0.29, 0.717) is 6.61 Å². The molecular formula is C15H26N2O2. The first-order valence-corrected chi connectivity index (χ1v) is 6.73. The molecule has 4 heteroatoms. The molecule has 1 rings (SSSR count). The number of likely N-dealkylation sites (N-methyl/N-ethyl adjacent to an activating group) is 1. The summed E-state index contributed by atoms with van der Waals surface area (Å²) in [4.78, 5) is 2.12. The van der Waals surface area contributed by atoms with E-state index in [2.05, 4.69) is 35.3 Å². The summed E-state index contributed by atoms with van der Waals surface area (Å²) in [6.07, 6.45) is 0. The number of hydrogen-bond acceptors (Lipinski definition) is 4. The lowest BCUT2D eigenvalue weighted by Gasteiger charge is -2.28. The second-order valence-electron chi connectivity index (χ2n) is 4.94. The predicted octanol–water partition coefficient (Wildman–Crippen LogP) is 1.55. The lowest BCUT2D eigenvalue weighted by atomic mass is 10.1. The van der Waals surface area contributed by atoms with Gasteiger partial charge in [0.15, 0.2) is 0 Å². The molecule has 0 heterocycles. The van der Waals surface area contributed by atoms with Gasteiger partial charge < -0.3 is 20.1 Å². The quantitative estimate of drug-likeness (QED) is 0.701. The number of benzene rings is 1. The molecule has 0 aromatic heterocycles. The maximum Gasteiger partial charge on any atom is 0.0632 e. The first kappa shape index (κ1) is 16.0. The van der Waals surface area contributed by atoms with E-state index in [9.17, 15) is 5.11 Å². The van der Waals surface area contributed by atoms with E-state index in [0.717, 1.165) is 18.8 Å². The minimum absolute atomic E-state index is 0.112. The van der Waals surface area contributed by atoms with Crippen LogP contribution >= 0.6 is 0 Å². The molecule has 1 aromatic carbocycles. The highest BCUT2D eigenvalue weighted by molar-refractivity contribution is 5.55. The summed E-state index contributed by atoms with van der Waals surface area (Å²) in [5, 5.41) is 12.7. The van der Waals surface area contributed by atoms with Gasteiger partial charge in [0.2, 0.25) is 0 Å². The molecule has 0 aliphatic rings. The number of anilines is 1. The molecular weight excluding hydrogens is 240 g/mol. The Balaban J connectivity index is 2.79. The minimum Gasteiger partial charge on any atom is -0.394 e. The molecule has 0 fully saturated rings. The zero-order chi connectivity index (χ0) is 14.3. The van der Waals surface area contributed by atoms with Crippen LogP contribution in [0.15, 0.2) is 18.2 Å². The molecule has 0 aliphatic heterocycles. The molecule has 19 heavy (non-hydrogen) atoms. The van der Waals surface area contributed by atoms with Crippen molar-refractivity contribution in [1.29, 1.82) is 0 Å². The number of nitrogens with one attached hydrogen (secondary N) is 1. The second-order valence-corrected chi connectivity index (χ2v) is 4.94. The second kappa shape index (κ2) is 8.15. The Bertz CT molecular complexity index is 382. The zero-order valence-corrected chi connectivity index (χ0v) is 12.4. The van der Waals surface area contributed by atoms with Crippen LogP contribution < -0.4 is 10.2 Å². The smallest absolute Gasteiger partial charge is 0.0632 e. The molecule has 0 amide bonds. The molecule has 0 aliphatic carbocycles. The fourth-order valence-corrected chi connectivity index (χ4v) is 1.96. The molecule has 1 aromatic rings. The molecule has 1 atom stereocenters. The Kier molecular flexibility index (Phi) is 6.84. The van der Waals surface area contributed by atoms with Crippen LogP contribution in [0.5, 0.6) is 0 Å². The Morgan fingerprint density at radius 2 is 2.16 bits per heavy atom. The van der Waals surface area contributed by atoms with Gasteiger partial charge in [0.1, 0.15) is 0 Å². The van der Waals surface area contributed by atoms with Crippen LogP contribution in [0.25, 0.3) is 0 Å². The lowest BCUT2D eigenvalue weighted by molar-refractivity contribution is 0.199. The first-order chi connectivity index (χ1) is 9.10. The summed E-state index contributed by atoms with van der Waals surface area (Å²) in [5.41, 5.74) is 3.66. The van der Waals surface area contributed by atoms with E-state index in [1.54, 1.807) is 7.11 Å². The summed E-state index contributed by atoms with van der Waals surface area (Å²) in [6.45, 7) is 6.62. The number of aliphatic hydroxyl groups excluding tert-OH is 1. The highest BCUT2D eigenvalue weighted by Gasteiger charge is 2.12. The van der Waals surface area contributed by atoms with E-state index in [1.165, 1.54) is 11.1 Å². The topological polar surface area (TPSA) is 44.7 Å². The number of hydrogen-bond donors (Lipinski definition) is 2. The van der Waals surface area contributed by atoms with Crippen LogP contribution in [0.2, 0.25) is 0 Å². The van der Waals surface area contributed by atoms with Crippen LogP contribution in [-0.4, -0.2) is 45.1 Å². The predicted molar refractivity (Wildman–Crippen MR) is 79.7 cm³/mol. The average Bonchev–Trinajstić information content (AvgIpc) is 2.42. The third-order valence-electron chi connectivity index (χ3n) is 3.34. The first-order valence-electron chi connectivity index (χ1n) is 6.73. The van der Waals surface area contributed by atoms with Crippen molar-refractivity contribution in [2.24, 2.45) is 0 Å². The van der Waals surface area contributed by atoms with Crippen LogP contribution in [0, 0.1) is 6.92 Å². The number of methoxy groups -OCH3 is 1. The number of aryl methyl sites for hydroxylation is 1. The van der Waals surface area contributed by atoms with E-state index in [1.807, 2.05) is 14.0 Å². The molecule has 0 saturated heterocycles. The summed E-state index contributed by atoms with van der Waals surface area (Å²) < 4.78 is 5.03. The number of aliphatic hydroxyl groups is 1. The summed E-state index contributed by atoms with van der Waals surface area (Å²) in [6, 6.07) is 6.53. The van der Waals surface area contributed by atoms with Gasteiger partial charge in [-0.2, -0.15) is 0 Å². The number of nitrogens with zero attached hydrogens (tertiary/aromatic N) is 1. The Labute approximate surface area is 116 Å². The van der Waals surface area contributed by atoms with Gasteiger partial charge in [-0.1, -0.05) is 17.7 Å². The molecule has 0 saturated carbocycles. The van der Waals surface area contributed by atoms with Crippen LogP contribution in [-0.2, 0) is 11.3 Å². The minimum atomic E-state index is 0.112. The van der Waals surface area contributed by atoms with Crippen molar-refractivity contribution in [2.75, 3.05) is 38.8 Å². The fraction of sp³-hybridized carbons (Fsp3) is 0.600. The van der Waals surface area contributed by atoms with E-state index in [4.69, 9.17) is 4.74 Å². The van der Waals surface area contributed by atoms with E-state index in [-0.39, 0.29) is 12.6 Å². The van der Waals surface area contributed by atoms with Crippen LogP contribution in [0.1, 0.15) is 18.1 Å². The number of ether oxygens (including phenoxy) is 1. The highest BCUT2D eigenvalue weighted by Crippen LogP contribution is 2.22. The van der Waals surface area contributed by atoms with Crippen molar-refractivity contribution < 1.29 is 9.84 Å². The van der Waals surface area contributed by atoms with Crippen molar-refractivity contribution in [3.05, 3.63) is 29.3 Å². The molecule has 1 unspecified atom stereocenters. The van der Waals surface area contributed by atoms with Gasteiger partial charge in [-0.15, -0.1) is 0 Å². The lowest BCUT2D eigenvalue weighted by Crippen LogP contribution is -2.33. The third kappa shape index (κ3) is 4.82. The molecule has 108 valence electrons. The largest absolute Gasteiger partial charge is 0.394 e. The molecule has 0 bridgehead atoms. The van der Waals surface area contributed by atoms with E-state index < -0.39 is 0 Å². The monoisotopic (exact) mass is 266 g/mol. The van der Waals surface area contributed by atoms with Gasteiger partial charge in [-0.05, 0) is 25.5 Å². The van der Waals surface area contributed by atoms with Gasteiger partial charge in [0.25, 0.3) is 0 Å². The fourth-order valence-electron chi connectivity index (χ4n) is 1.96. The van der Waals surface area contributed by atoms with Crippen molar-refractivity contribution in [2.45, 2.75) is 26.4 Å². The summed E-state index contributed by atoms with van der Waals surface area (Å²) >= 11 is 0. The highest BCUT2D eigenvalue weighted by atomic mass is 16.5. The Morgan fingerprint density at radius 3 is 2.79 bits per heavy atom. The average molecular weight is 266 g/mol. The Hall–Kier alpha value is -1.10. The van der Waals surface area contributed by atoms with Gasteiger partial charge in [0, 0.05) is 39.0 Å². The van der Waals surface area contributed by atoms with Gasteiger partial charge in [-0.25, -0.2) is 0 Å². The molecule has 4 nitrogen and oxygen atoms in total. The standard InChI is InChI=1S/C15H26N2O2/c1-12-5-6-15(17(3)13(2)11-18)14(9-12)10-16-7-8-19-4/h5-6,9,13,16,18H,7-8,10-11H2,1-4H3. The SMILES string of the molecule is COCCNCc1cc(C)ccc1N(C)C(C)CO. The van der Waals surface area contributed by atoms with Crippen molar-refractivity contribution >= 4 is 5.69 Å². The summed E-state index contributed by atoms with van der Waals surface area (Å²) in [5.74, 6) is 0. The number of rotatable bonds is 8.